The van der Waals surface area contributed by atoms with Crippen LogP contribution in [0.1, 0.15) is 30.6 Å². The Labute approximate surface area is 138 Å². The Kier molecular flexibility index (Phi) is 6.64. The summed E-state index contributed by atoms with van der Waals surface area (Å²) in [6, 6.07) is 1.71. The summed E-state index contributed by atoms with van der Waals surface area (Å²) in [5.74, 6) is 0. The van der Waals surface area contributed by atoms with Crippen LogP contribution >= 0.6 is 27.3 Å². The molecule has 2 rings (SSSR count). The van der Waals surface area contributed by atoms with E-state index >= 15 is 0 Å². The van der Waals surface area contributed by atoms with E-state index in [4.69, 9.17) is 4.74 Å². The molecule has 0 aromatic carbocycles. The Morgan fingerprint density at radius 2 is 2.29 bits per heavy atom. The lowest BCUT2D eigenvalue weighted by Crippen LogP contribution is -2.29. The first-order chi connectivity index (χ1) is 10.0. The Bertz CT molecular complexity index is 554. The third kappa shape index (κ3) is 5.01. The van der Waals surface area contributed by atoms with Gasteiger partial charge in [0.15, 0.2) is 0 Å². The molecule has 2 N–H and O–H groups in total. The molecule has 0 spiro atoms. The zero-order valence-corrected chi connectivity index (χ0v) is 15.2. The smallest absolute Gasteiger partial charge is 0.242 e. The van der Waals surface area contributed by atoms with Crippen LogP contribution in [-0.2, 0) is 21.3 Å². The Morgan fingerprint density at radius 3 is 2.95 bits per heavy atom. The Morgan fingerprint density at radius 1 is 1.48 bits per heavy atom. The molecule has 5 nitrogen and oxygen atoms in total. The van der Waals surface area contributed by atoms with Gasteiger partial charge in [0.1, 0.15) is 4.90 Å². The van der Waals surface area contributed by atoms with E-state index in [1.807, 2.05) is 7.05 Å². The normalized spacial score (nSPS) is 19.8. The first-order valence-corrected chi connectivity index (χ1v) is 10.2. The van der Waals surface area contributed by atoms with Gasteiger partial charge < -0.3 is 10.1 Å². The minimum atomic E-state index is -3.46. The summed E-state index contributed by atoms with van der Waals surface area (Å²) in [4.78, 5) is 1.31. The third-order valence-corrected chi connectivity index (χ3v) is 7.09. The van der Waals surface area contributed by atoms with E-state index in [2.05, 4.69) is 26.0 Å². The van der Waals surface area contributed by atoms with Gasteiger partial charge >= 0.3 is 0 Å². The van der Waals surface area contributed by atoms with Gasteiger partial charge in [0, 0.05) is 24.6 Å². The highest BCUT2D eigenvalue weighted by Gasteiger charge is 2.21. The van der Waals surface area contributed by atoms with Gasteiger partial charge in [-0.2, -0.15) is 0 Å². The molecule has 8 heteroatoms. The maximum atomic E-state index is 12.3. The van der Waals surface area contributed by atoms with Crippen molar-refractivity contribution in [3.63, 3.8) is 0 Å². The summed E-state index contributed by atoms with van der Waals surface area (Å²) >= 11 is 4.78. The average molecular weight is 397 g/mol. The Hall–Kier alpha value is 0.01000. The Balaban J connectivity index is 1.91. The average Bonchev–Trinajstić information content (AvgIpc) is 2.82. The van der Waals surface area contributed by atoms with Crippen molar-refractivity contribution in [3.05, 3.63) is 14.7 Å². The van der Waals surface area contributed by atoms with Crippen molar-refractivity contribution in [2.45, 2.75) is 43.2 Å². The fourth-order valence-electron chi connectivity index (χ4n) is 2.31. The molecular weight excluding hydrogens is 376 g/mol. The SMILES string of the molecule is CNCc1cc(S(=O)(=O)NCCC2CCCCO2)c(Br)s1. The minimum absolute atomic E-state index is 0.187. The van der Waals surface area contributed by atoms with Gasteiger partial charge in [-0.15, -0.1) is 11.3 Å². The minimum Gasteiger partial charge on any atom is -0.378 e. The molecule has 2 heterocycles. The van der Waals surface area contributed by atoms with Crippen LogP contribution in [-0.4, -0.2) is 34.7 Å². The predicted molar refractivity (Wildman–Crippen MR) is 88.2 cm³/mol. The van der Waals surface area contributed by atoms with Crippen molar-refractivity contribution < 1.29 is 13.2 Å². The quantitative estimate of drug-likeness (QED) is 0.742. The van der Waals surface area contributed by atoms with E-state index < -0.39 is 10.0 Å². The summed E-state index contributed by atoms with van der Waals surface area (Å²) in [6.07, 6.45) is 4.21. The van der Waals surface area contributed by atoms with Gasteiger partial charge in [-0.1, -0.05) is 0 Å². The van der Waals surface area contributed by atoms with Crippen molar-refractivity contribution in [2.24, 2.45) is 0 Å². The summed E-state index contributed by atoms with van der Waals surface area (Å²) in [5, 5.41) is 3.02. The molecule has 1 saturated heterocycles. The molecule has 0 amide bonds. The fraction of sp³-hybridized carbons (Fsp3) is 0.692. The van der Waals surface area contributed by atoms with Crippen LogP contribution in [0.3, 0.4) is 0 Å². The van der Waals surface area contributed by atoms with E-state index in [-0.39, 0.29) is 6.10 Å². The lowest BCUT2D eigenvalue weighted by molar-refractivity contribution is 0.0123. The highest BCUT2D eigenvalue weighted by atomic mass is 79.9. The number of thiophene rings is 1. The van der Waals surface area contributed by atoms with Gasteiger partial charge in [-0.3, -0.25) is 0 Å². The second-order valence-electron chi connectivity index (χ2n) is 5.06. The lowest BCUT2D eigenvalue weighted by atomic mass is 10.1. The van der Waals surface area contributed by atoms with E-state index in [1.165, 1.54) is 17.8 Å². The maximum absolute atomic E-state index is 12.3. The molecule has 1 unspecified atom stereocenters. The first kappa shape index (κ1) is 17.4. The van der Waals surface area contributed by atoms with Gasteiger partial charge in [0.05, 0.1) is 9.89 Å². The van der Waals surface area contributed by atoms with E-state index in [0.29, 0.717) is 21.8 Å². The standard InChI is InChI=1S/C13H21BrN2O3S2/c1-15-9-11-8-12(13(14)20-11)21(17,18)16-6-5-10-4-2-3-7-19-10/h8,10,15-16H,2-7,9H2,1H3. The maximum Gasteiger partial charge on any atom is 0.242 e. The van der Waals surface area contributed by atoms with Gasteiger partial charge in [-0.05, 0) is 54.7 Å². The van der Waals surface area contributed by atoms with Crippen molar-refractivity contribution in [2.75, 3.05) is 20.2 Å². The second kappa shape index (κ2) is 8.03. The van der Waals surface area contributed by atoms with Gasteiger partial charge in [0.2, 0.25) is 10.0 Å². The zero-order chi connectivity index (χ0) is 15.3. The van der Waals surface area contributed by atoms with Crippen LogP contribution in [0.15, 0.2) is 14.7 Å². The molecule has 120 valence electrons. The van der Waals surface area contributed by atoms with Crippen molar-refractivity contribution >= 4 is 37.3 Å². The molecule has 1 fully saturated rings. The van der Waals surface area contributed by atoms with Crippen molar-refractivity contribution in [1.29, 1.82) is 0 Å². The third-order valence-electron chi connectivity index (χ3n) is 3.38. The van der Waals surface area contributed by atoms with Crippen LogP contribution in [0.4, 0.5) is 0 Å². The molecule has 1 aromatic rings. The topological polar surface area (TPSA) is 67.4 Å². The van der Waals surface area contributed by atoms with E-state index in [0.717, 1.165) is 30.7 Å². The number of rotatable bonds is 7. The summed E-state index contributed by atoms with van der Waals surface area (Å²) < 4.78 is 33.6. The summed E-state index contributed by atoms with van der Waals surface area (Å²) in [6.45, 7) is 1.87. The van der Waals surface area contributed by atoms with Crippen LogP contribution < -0.4 is 10.0 Å². The molecule has 0 radical (unpaired) electrons. The van der Waals surface area contributed by atoms with Crippen molar-refractivity contribution in [1.82, 2.24) is 10.0 Å². The van der Waals surface area contributed by atoms with Gasteiger partial charge in [-0.25, -0.2) is 13.1 Å². The predicted octanol–water partition coefficient (Wildman–Crippen LogP) is 2.47. The molecule has 21 heavy (non-hydrogen) atoms. The van der Waals surface area contributed by atoms with Crippen LogP contribution in [0.25, 0.3) is 0 Å². The van der Waals surface area contributed by atoms with Crippen LogP contribution in [0.5, 0.6) is 0 Å². The molecule has 0 aliphatic carbocycles. The highest BCUT2D eigenvalue weighted by molar-refractivity contribution is 9.11. The van der Waals surface area contributed by atoms with E-state index in [1.54, 1.807) is 6.07 Å². The summed E-state index contributed by atoms with van der Waals surface area (Å²) in [5.41, 5.74) is 0. The lowest BCUT2D eigenvalue weighted by Gasteiger charge is -2.22. The van der Waals surface area contributed by atoms with Crippen molar-refractivity contribution in [3.8, 4) is 0 Å². The highest BCUT2D eigenvalue weighted by Crippen LogP contribution is 2.31. The number of nitrogens with one attached hydrogen (secondary N) is 2. The first-order valence-electron chi connectivity index (χ1n) is 7.07. The number of sulfonamides is 1. The zero-order valence-electron chi connectivity index (χ0n) is 12.0. The molecule has 1 aliphatic rings. The number of hydrogen-bond donors (Lipinski definition) is 2. The largest absolute Gasteiger partial charge is 0.378 e. The van der Waals surface area contributed by atoms with Crippen LogP contribution in [0, 0.1) is 0 Å². The van der Waals surface area contributed by atoms with E-state index in [9.17, 15) is 8.42 Å². The molecule has 0 saturated carbocycles. The monoisotopic (exact) mass is 396 g/mol. The molecule has 1 aliphatic heterocycles. The second-order valence-corrected chi connectivity index (χ2v) is 9.25. The molecular formula is C13H21BrN2O3S2. The number of hydrogen-bond acceptors (Lipinski definition) is 5. The fourth-order valence-corrected chi connectivity index (χ4v) is 6.05. The molecule has 1 aromatic heterocycles. The summed E-state index contributed by atoms with van der Waals surface area (Å²) in [7, 11) is -1.62. The van der Waals surface area contributed by atoms with Gasteiger partial charge in [0.25, 0.3) is 0 Å². The number of ether oxygens (including phenoxy) is 1. The van der Waals surface area contributed by atoms with Crippen LogP contribution in [0.2, 0.25) is 0 Å². The molecule has 1 atom stereocenters. The number of halogens is 1. The molecule has 0 bridgehead atoms.